The average Bonchev–Trinajstić information content (AvgIpc) is 2.67. The summed E-state index contributed by atoms with van der Waals surface area (Å²) in [5.41, 5.74) is 2.24. The Kier molecular flexibility index (Phi) is 4.38. The summed E-state index contributed by atoms with van der Waals surface area (Å²) in [5.74, 6) is -0.0117. The average molecular weight is 292 g/mol. The lowest BCUT2D eigenvalue weighted by Crippen LogP contribution is -2.39. The van der Waals surface area contributed by atoms with E-state index < -0.39 is 0 Å². The molecule has 1 fully saturated rings. The van der Waals surface area contributed by atoms with Crippen LogP contribution in [0.15, 0.2) is 24.3 Å². The van der Waals surface area contributed by atoms with E-state index in [0.717, 1.165) is 11.1 Å². The fourth-order valence-corrected chi connectivity index (χ4v) is 3.47. The molecule has 1 aromatic rings. The van der Waals surface area contributed by atoms with Gasteiger partial charge in [0.1, 0.15) is 11.9 Å². The Morgan fingerprint density at radius 2 is 2.10 bits per heavy atom. The third-order valence-corrected chi connectivity index (χ3v) is 4.77. The number of carbonyl (C=O) groups excluding carboxylic acids is 2. The maximum absolute atomic E-state index is 12.3. The molecule has 1 saturated heterocycles. The number of carbonyl (C=O) groups is 2. The summed E-state index contributed by atoms with van der Waals surface area (Å²) in [4.78, 5) is 27.4. The topological polar surface area (TPSA) is 40.6 Å². The summed E-state index contributed by atoms with van der Waals surface area (Å²) in [6.07, 6.45) is 0. The van der Waals surface area contributed by atoms with Gasteiger partial charge in [0.25, 0.3) is 0 Å². The van der Waals surface area contributed by atoms with Crippen LogP contribution in [0.3, 0.4) is 0 Å². The van der Waals surface area contributed by atoms with Gasteiger partial charge in [-0.15, -0.1) is 11.8 Å². The van der Waals surface area contributed by atoms with Gasteiger partial charge in [0.05, 0.1) is 5.25 Å². The summed E-state index contributed by atoms with van der Waals surface area (Å²) >= 11 is 1.60. The molecule has 0 aromatic heterocycles. The lowest BCUT2D eigenvalue weighted by molar-refractivity contribution is -0.138. The van der Waals surface area contributed by atoms with Crippen LogP contribution in [-0.2, 0) is 9.59 Å². The van der Waals surface area contributed by atoms with Crippen LogP contribution in [-0.4, -0.2) is 47.5 Å². The molecular weight excluding hydrogens is 272 g/mol. The molecule has 4 nitrogen and oxygen atoms in total. The normalized spacial score (nSPS) is 22.2. The molecule has 108 valence electrons. The number of likely N-dealkylation sites (N-methyl/N-ethyl adjacent to an activating group) is 1. The van der Waals surface area contributed by atoms with Gasteiger partial charge in [0.15, 0.2) is 0 Å². The lowest BCUT2D eigenvalue weighted by Gasteiger charge is -2.25. The number of hydrogen-bond donors (Lipinski definition) is 0. The third-order valence-electron chi connectivity index (χ3n) is 3.38. The van der Waals surface area contributed by atoms with Crippen LogP contribution in [0, 0.1) is 6.92 Å². The molecule has 0 N–H and O–H groups in total. The largest absolute Gasteiger partial charge is 0.347 e. The Bertz CT molecular complexity index is 530. The van der Waals surface area contributed by atoms with Gasteiger partial charge in [-0.1, -0.05) is 29.8 Å². The number of nitrogens with zero attached hydrogens (tertiary/aromatic N) is 2. The van der Waals surface area contributed by atoms with E-state index in [0.29, 0.717) is 0 Å². The summed E-state index contributed by atoms with van der Waals surface area (Å²) in [6, 6.07) is 8.12. The molecule has 2 amide bonds. The van der Waals surface area contributed by atoms with E-state index in [1.54, 1.807) is 30.8 Å². The van der Waals surface area contributed by atoms with Crippen molar-refractivity contribution in [2.45, 2.75) is 24.5 Å². The highest BCUT2D eigenvalue weighted by Gasteiger charge is 2.39. The molecule has 0 aliphatic carbocycles. The van der Waals surface area contributed by atoms with Gasteiger partial charge in [-0.05, 0) is 19.4 Å². The second kappa shape index (κ2) is 5.87. The van der Waals surface area contributed by atoms with E-state index in [9.17, 15) is 9.59 Å². The van der Waals surface area contributed by atoms with Gasteiger partial charge in [-0.2, -0.15) is 0 Å². The highest BCUT2D eigenvalue weighted by atomic mass is 32.2. The minimum absolute atomic E-state index is 0.0386. The molecule has 1 aliphatic heterocycles. The highest BCUT2D eigenvalue weighted by molar-refractivity contribution is 8.01. The summed E-state index contributed by atoms with van der Waals surface area (Å²) < 4.78 is 0. The Hall–Kier alpha value is -1.49. The lowest BCUT2D eigenvalue weighted by atomic mass is 10.1. The molecule has 0 bridgehead atoms. The van der Waals surface area contributed by atoms with Gasteiger partial charge in [-0.3, -0.25) is 9.59 Å². The first-order valence-electron chi connectivity index (χ1n) is 6.63. The fraction of sp³-hybridized carbons (Fsp3) is 0.467. The SMILES string of the molecule is Cc1cccc([C@@H]2S[C@@H](C)C(=O)N2CC(=O)N(C)C)c1. The van der Waals surface area contributed by atoms with Crippen LogP contribution in [0.5, 0.6) is 0 Å². The smallest absolute Gasteiger partial charge is 0.241 e. The molecule has 1 aromatic carbocycles. The Morgan fingerprint density at radius 3 is 2.70 bits per heavy atom. The van der Waals surface area contributed by atoms with Crippen LogP contribution in [0.2, 0.25) is 0 Å². The fourth-order valence-electron chi connectivity index (χ4n) is 2.20. The quantitative estimate of drug-likeness (QED) is 0.856. The molecule has 0 spiro atoms. The minimum atomic E-state index is -0.101. The van der Waals surface area contributed by atoms with E-state index in [1.807, 2.05) is 32.0 Å². The first-order chi connectivity index (χ1) is 9.40. The number of amides is 2. The van der Waals surface area contributed by atoms with Crippen molar-refractivity contribution < 1.29 is 9.59 Å². The van der Waals surface area contributed by atoms with Gasteiger partial charge in [-0.25, -0.2) is 0 Å². The molecule has 0 unspecified atom stereocenters. The maximum atomic E-state index is 12.3. The van der Waals surface area contributed by atoms with Crippen molar-refractivity contribution in [2.75, 3.05) is 20.6 Å². The predicted octanol–water partition coefficient (Wildman–Crippen LogP) is 2.05. The second-order valence-electron chi connectivity index (χ2n) is 5.30. The van der Waals surface area contributed by atoms with Gasteiger partial charge < -0.3 is 9.80 Å². The zero-order valence-electron chi connectivity index (χ0n) is 12.3. The zero-order chi connectivity index (χ0) is 14.9. The first-order valence-corrected chi connectivity index (χ1v) is 7.57. The molecule has 0 radical (unpaired) electrons. The molecule has 20 heavy (non-hydrogen) atoms. The van der Waals surface area contributed by atoms with E-state index >= 15 is 0 Å². The first kappa shape index (κ1) is 14.9. The van der Waals surface area contributed by atoms with Crippen LogP contribution >= 0.6 is 11.8 Å². The van der Waals surface area contributed by atoms with Crippen LogP contribution in [0.1, 0.15) is 23.4 Å². The third kappa shape index (κ3) is 2.98. The van der Waals surface area contributed by atoms with Gasteiger partial charge in [0.2, 0.25) is 11.8 Å². The monoisotopic (exact) mass is 292 g/mol. The molecule has 2 atom stereocenters. The number of benzene rings is 1. The molecular formula is C15H20N2O2S. The standard InChI is InChI=1S/C15H20N2O2S/c1-10-6-5-7-12(8-10)15-17(9-13(18)16(3)4)14(19)11(2)20-15/h5-8,11,15H,9H2,1-4H3/t11-,15-/m0/s1. The molecule has 2 rings (SSSR count). The molecule has 0 saturated carbocycles. The van der Waals surface area contributed by atoms with Crippen molar-refractivity contribution in [1.82, 2.24) is 9.80 Å². The Balaban J connectivity index is 2.26. The Morgan fingerprint density at radius 1 is 1.40 bits per heavy atom. The van der Waals surface area contributed by atoms with E-state index in [2.05, 4.69) is 6.07 Å². The van der Waals surface area contributed by atoms with Crippen LogP contribution < -0.4 is 0 Å². The zero-order valence-corrected chi connectivity index (χ0v) is 13.1. The van der Waals surface area contributed by atoms with Crippen molar-refractivity contribution >= 4 is 23.6 Å². The van der Waals surface area contributed by atoms with Gasteiger partial charge >= 0.3 is 0 Å². The van der Waals surface area contributed by atoms with Crippen LogP contribution in [0.4, 0.5) is 0 Å². The number of thioether (sulfide) groups is 1. The molecule has 1 aliphatic rings. The summed E-state index contributed by atoms with van der Waals surface area (Å²) in [6.45, 7) is 4.07. The molecule has 5 heteroatoms. The minimum Gasteiger partial charge on any atom is -0.347 e. The van der Waals surface area contributed by atoms with Crippen LogP contribution in [0.25, 0.3) is 0 Å². The number of rotatable bonds is 3. The van der Waals surface area contributed by atoms with Gasteiger partial charge in [0, 0.05) is 14.1 Å². The number of hydrogen-bond acceptors (Lipinski definition) is 3. The van der Waals surface area contributed by atoms with Crippen molar-refractivity contribution in [3.05, 3.63) is 35.4 Å². The predicted molar refractivity (Wildman–Crippen MR) is 81.4 cm³/mol. The summed E-state index contributed by atoms with van der Waals surface area (Å²) in [5, 5.41) is -0.170. The highest BCUT2D eigenvalue weighted by Crippen LogP contribution is 2.42. The van der Waals surface area contributed by atoms with Crippen molar-refractivity contribution in [1.29, 1.82) is 0 Å². The van der Waals surface area contributed by atoms with E-state index in [-0.39, 0.29) is 29.0 Å². The number of aryl methyl sites for hydroxylation is 1. The van der Waals surface area contributed by atoms with Crippen molar-refractivity contribution in [2.24, 2.45) is 0 Å². The van der Waals surface area contributed by atoms with Crippen molar-refractivity contribution in [3.8, 4) is 0 Å². The van der Waals surface area contributed by atoms with E-state index in [1.165, 1.54) is 4.90 Å². The summed E-state index contributed by atoms with van der Waals surface area (Å²) in [7, 11) is 3.42. The van der Waals surface area contributed by atoms with Crippen molar-refractivity contribution in [3.63, 3.8) is 0 Å². The molecule has 1 heterocycles. The maximum Gasteiger partial charge on any atom is 0.241 e. The Labute approximate surface area is 124 Å². The second-order valence-corrected chi connectivity index (χ2v) is 6.72. The van der Waals surface area contributed by atoms with E-state index in [4.69, 9.17) is 0 Å².